The van der Waals surface area contributed by atoms with Gasteiger partial charge in [0.1, 0.15) is 23.9 Å². The standard InChI is InChI=1S/C48H62N6O7/c1-12-52-38-18-17-31-25-35(38)36(42(52)34-15-13-19-49-40(34)29(4)59-11)26-48(8,9)27-60-45(57)37-16-14-20-53(50-37)43-39(23-30-21-32(31)24-33(55)22-30)54(43)44(56)41(28(2)3)51(10)46(58)61-47(5,6)7/h13,15,17-19,21-22,24-25,28-29,37,39,41,50H,12,14,16,20,23,26-27H2,1-11H3/p+1/t29-,37-,39-,41-/m0/s1. The van der Waals surface area contributed by atoms with Crippen LogP contribution in [0, 0.1) is 11.3 Å². The Morgan fingerprint density at radius 2 is 1.87 bits per heavy atom. The number of carbonyl (C=O) groups excluding carboxylic acids is 3. The molecule has 2 saturated heterocycles. The third-order valence-electron chi connectivity index (χ3n) is 12.1. The largest absolute Gasteiger partial charge is 0.508 e. The van der Waals surface area contributed by atoms with E-state index in [2.05, 4.69) is 61.1 Å². The third-order valence-corrected chi connectivity index (χ3v) is 12.1. The maximum atomic E-state index is 14.7. The van der Waals surface area contributed by atoms with Crippen molar-refractivity contribution in [3.8, 4) is 28.1 Å². The number of cyclic esters (lactones) is 1. The Morgan fingerprint density at radius 1 is 1.11 bits per heavy atom. The summed E-state index contributed by atoms with van der Waals surface area (Å²) < 4.78 is 21.9. The molecule has 2 aromatic carbocycles. The fraction of sp³-hybridized carbons (Fsp3) is 0.521. The summed E-state index contributed by atoms with van der Waals surface area (Å²) in [7, 11) is 3.29. The highest BCUT2D eigenvalue weighted by Gasteiger charge is 2.62. The normalized spacial score (nSPS) is 21.2. The molecule has 0 aliphatic carbocycles. The van der Waals surface area contributed by atoms with E-state index in [1.54, 1.807) is 58.2 Å². The number of pyridine rings is 1. The van der Waals surface area contributed by atoms with Gasteiger partial charge in [-0.05, 0) is 118 Å². The Hall–Kier alpha value is -5.43. The van der Waals surface area contributed by atoms with Crippen molar-refractivity contribution in [3.63, 3.8) is 0 Å². The molecule has 2 fully saturated rings. The molecule has 6 bridgehead atoms. The van der Waals surface area contributed by atoms with E-state index in [9.17, 15) is 19.5 Å². The lowest BCUT2D eigenvalue weighted by Gasteiger charge is -2.30. The Balaban J connectivity index is 1.37. The van der Waals surface area contributed by atoms with Crippen molar-refractivity contribution in [1.82, 2.24) is 24.8 Å². The maximum Gasteiger partial charge on any atom is 0.410 e. The molecule has 4 atom stereocenters. The molecule has 326 valence electrons. The number of aromatic hydroxyl groups is 1. The molecule has 0 radical (unpaired) electrons. The number of rotatable bonds is 7. The summed E-state index contributed by atoms with van der Waals surface area (Å²) >= 11 is 0. The second kappa shape index (κ2) is 16.8. The van der Waals surface area contributed by atoms with Crippen molar-refractivity contribution in [1.29, 1.82) is 0 Å². The number of methoxy groups -OCH3 is 1. The van der Waals surface area contributed by atoms with Crippen molar-refractivity contribution in [2.75, 3.05) is 27.3 Å². The van der Waals surface area contributed by atoms with E-state index >= 15 is 0 Å². The fourth-order valence-corrected chi connectivity index (χ4v) is 9.15. The van der Waals surface area contributed by atoms with Gasteiger partial charge in [0.15, 0.2) is 6.04 Å². The van der Waals surface area contributed by atoms with Crippen LogP contribution in [0.15, 0.2) is 54.7 Å². The average molecular weight is 836 g/mol. The van der Waals surface area contributed by atoms with Crippen LogP contribution in [-0.4, -0.2) is 104 Å². The first-order chi connectivity index (χ1) is 28.8. The summed E-state index contributed by atoms with van der Waals surface area (Å²) in [4.78, 5) is 49.9. The monoisotopic (exact) mass is 835 g/mol. The minimum absolute atomic E-state index is 0.118. The van der Waals surface area contributed by atoms with Gasteiger partial charge in [-0.1, -0.05) is 39.8 Å². The number of phenols is 1. The number of phenolic OH excluding ortho intramolecular Hbond substituents is 1. The van der Waals surface area contributed by atoms with Crippen LogP contribution in [0.3, 0.4) is 0 Å². The summed E-state index contributed by atoms with van der Waals surface area (Å²) in [6.07, 6.45) is 3.24. The number of nitrogens with one attached hydrogen (secondary N) is 1. The number of carbonyl (C=O) groups is 3. The minimum atomic E-state index is -0.814. The zero-order valence-corrected chi connectivity index (χ0v) is 37.7. The molecule has 61 heavy (non-hydrogen) atoms. The highest BCUT2D eigenvalue weighted by atomic mass is 16.6. The number of hydrazone groups is 1. The molecule has 2 aromatic heterocycles. The molecular weight excluding hydrogens is 773 g/mol. The summed E-state index contributed by atoms with van der Waals surface area (Å²) in [6, 6.07) is 14.3. The van der Waals surface area contributed by atoms with Gasteiger partial charge < -0.3 is 23.9 Å². The van der Waals surface area contributed by atoms with Crippen molar-refractivity contribution < 1.29 is 38.4 Å². The first-order valence-electron chi connectivity index (χ1n) is 21.6. The Kier molecular flexibility index (Phi) is 12.0. The van der Waals surface area contributed by atoms with Gasteiger partial charge in [0.05, 0.1) is 24.1 Å². The highest BCUT2D eigenvalue weighted by Crippen LogP contribution is 2.42. The molecule has 7 rings (SSSR count). The Morgan fingerprint density at radius 3 is 2.56 bits per heavy atom. The number of hydrazine groups is 1. The van der Waals surface area contributed by atoms with E-state index in [-0.39, 0.29) is 36.3 Å². The Bertz CT molecular complexity index is 2380. The topological polar surface area (TPSA) is 138 Å². The van der Waals surface area contributed by atoms with E-state index in [4.69, 9.17) is 19.2 Å². The predicted octanol–water partition coefficient (Wildman–Crippen LogP) is 7.65. The van der Waals surface area contributed by atoms with Gasteiger partial charge in [0.2, 0.25) is 6.04 Å². The second-order valence-corrected chi connectivity index (χ2v) is 19.0. The van der Waals surface area contributed by atoms with Crippen molar-refractivity contribution >= 4 is 34.7 Å². The zero-order chi connectivity index (χ0) is 44.1. The van der Waals surface area contributed by atoms with Crippen LogP contribution in [0.25, 0.3) is 33.3 Å². The van der Waals surface area contributed by atoms with E-state index in [0.717, 1.165) is 50.1 Å². The Labute approximate surface area is 359 Å². The molecule has 13 nitrogen and oxygen atoms in total. The number of amides is 2. The summed E-state index contributed by atoms with van der Waals surface area (Å²) in [5.74, 6) is 0.0139. The molecule has 0 saturated carbocycles. The lowest BCUT2D eigenvalue weighted by Crippen LogP contribution is -2.51. The summed E-state index contributed by atoms with van der Waals surface area (Å²) in [5.41, 5.74) is 9.87. The van der Waals surface area contributed by atoms with Crippen LogP contribution in [0.1, 0.15) is 98.1 Å². The average Bonchev–Trinajstić information content (AvgIpc) is 3.84. The first-order valence-corrected chi connectivity index (χ1v) is 21.6. The number of hydrogen-bond acceptors (Lipinski definition) is 9. The number of nitrogens with zero attached hydrogens (tertiary/aromatic N) is 5. The number of aryl methyl sites for hydroxylation is 1. The van der Waals surface area contributed by atoms with E-state index in [0.29, 0.717) is 44.6 Å². The highest BCUT2D eigenvalue weighted by molar-refractivity contribution is 6.14. The third kappa shape index (κ3) is 8.85. The van der Waals surface area contributed by atoms with Crippen LogP contribution >= 0.6 is 0 Å². The zero-order valence-electron chi connectivity index (χ0n) is 37.7. The molecule has 0 unspecified atom stereocenters. The van der Waals surface area contributed by atoms with Gasteiger partial charge in [0, 0.05) is 55.2 Å². The quantitative estimate of drug-likeness (QED) is 0.109. The molecule has 3 aliphatic heterocycles. The number of aromatic nitrogens is 2. The van der Waals surface area contributed by atoms with Gasteiger partial charge in [-0.15, -0.1) is 0 Å². The number of esters is 1. The number of likely N-dealkylation sites (N-methyl/N-ethyl adjacent to an activating group) is 1. The molecule has 2 amide bonds. The van der Waals surface area contributed by atoms with Gasteiger partial charge in [-0.25, -0.2) is 19.8 Å². The van der Waals surface area contributed by atoms with Gasteiger partial charge >= 0.3 is 23.8 Å². The lowest BCUT2D eigenvalue weighted by atomic mass is 9.84. The molecular formula is C48H63N6O7+. The maximum absolute atomic E-state index is 14.7. The second-order valence-electron chi connectivity index (χ2n) is 19.0. The molecule has 5 heterocycles. The van der Waals surface area contributed by atoms with Crippen LogP contribution in [0.4, 0.5) is 4.79 Å². The number of fused-ring (bicyclic) bond motifs is 7. The molecule has 0 spiro atoms. The van der Waals surface area contributed by atoms with Crippen molar-refractivity contribution in [2.24, 2.45) is 11.3 Å². The van der Waals surface area contributed by atoms with Crippen molar-refractivity contribution in [3.05, 3.63) is 71.5 Å². The molecule has 13 heteroatoms. The SMILES string of the molecule is CCn1c(-c2cccnc2[C@H](C)OC)c2c3cc(ccc31)-c1cc(O)cc(c1)C[C@H]1/C(=[N+]3/CCC[C@H](N3)C(=O)OCC(C)(C)C2)N1C(=O)[C@H](C(C)C)N(C)C(=O)OC(C)(C)C. The summed E-state index contributed by atoms with van der Waals surface area (Å²) in [6.45, 7) is 19.1. The van der Waals surface area contributed by atoms with Crippen LogP contribution in [0.5, 0.6) is 5.75 Å². The summed E-state index contributed by atoms with van der Waals surface area (Å²) in [5, 5.41) is 12.4. The van der Waals surface area contributed by atoms with Crippen LogP contribution in [0.2, 0.25) is 0 Å². The smallest absolute Gasteiger partial charge is 0.410 e. The lowest BCUT2D eigenvalue weighted by molar-refractivity contribution is -0.600. The molecule has 3 aliphatic rings. The molecule has 4 aromatic rings. The minimum Gasteiger partial charge on any atom is -0.508 e. The number of benzene rings is 2. The van der Waals surface area contributed by atoms with E-state index in [1.807, 2.05) is 31.5 Å². The number of ether oxygens (including phenoxy) is 3. The van der Waals surface area contributed by atoms with Gasteiger partial charge in [0.25, 0.3) is 0 Å². The first kappa shape index (κ1) is 43.7. The number of hydrogen-bond donors (Lipinski definition) is 2. The van der Waals surface area contributed by atoms with Crippen LogP contribution < -0.4 is 5.43 Å². The van der Waals surface area contributed by atoms with E-state index < -0.39 is 35.2 Å². The van der Waals surface area contributed by atoms with Gasteiger partial charge in [-0.2, -0.15) is 9.58 Å². The number of amidine groups is 1. The van der Waals surface area contributed by atoms with Crippen LogP contribution in [-0.2, 0) is 43.2 Å². The predicted molar refractivity (Wildman–Crippen MR) is 235 cm³/mol. The fourth-order valence-electron chi connectivity index (χ4n) is 9.15. The van der Waals surface area contributed by atoms with Crippen molar-refractivity contribution in [2.45, 2.75) is 124 Å². The van der Waals surface area contributed by atoms with Gasteiger partial charge in [-0.3, -0.25) is 9.88 Å². The van der Waals surface area contributed by atoms with E-state index in [1.165, 1.54) is 4.90 Å². The molecule has 2 N–H and O–H groups in total.